The van der Waals surface area contributed by atoms with Crippen molar-refractivity contribution in [1.82, 2.24) is 4.90 Å². The number of rotatable bonds is 11. The molecule has 2 N–H and O–H groups in total. The van der Waals surface area contributed by atoms with Gasteiger partial charge in [0.1, 0.15) is 36.9 Å². The van der Waals surface area contributed by atoms with E-state index in [0.717, 1.165) is 52.5 Å². The fraction of sp³-hybridized carbons (Fsp3) is 0.520. The van der Waals surface area contributed by atoms with E-state index in [9.17, 15) is 10.2 Å². The maximum atomic E-state index is 10.3. The smallest absolute Gasteiger partial charge is 0.132 e. The van der Waals surface area contributed by atoms with Crippen molar-refractivity contribution in [2.45, 2.75) is 31.5 Å². The molecule has 1 aliphatic rings. The average Bonchev–Trinajstić information content (AvgIpc) is 2.82. The number of β-amino-alcohol motifs (C(OH)–C–C–N with tert-alkyl or cyclic N) is 1. The summed E-state index contributed by atoms with van der Waals surface area (Å²) in [6, 6.07) is 14.1. The topological polar surface area (TPSA) is 71.4 Å². The molecule has 33 heavy (non-hydrogen) atoms. The van der Waals surface area contributed by atoms with Crippen molar-refractivity contribution >= 4 is 34.2 Å². The quantitative estimate of drug-likeness (QED) is 0.310. The molecule has 8 heteroatoms. The van der Waals surface area contributed by atoms with Crippen molar-refractivity contribution in [1.29, 1.82) is 0 Å². The van der Waals surface area contributed by atoms with E-state index in [1.807, 2.05) is 18.2 Å². The lowest BCUT2D eigenvalue weighted by atomic mass is 9.78. The number of aliphatic hydroxyl groups excluding tert-OH is 2. The minimum absolute atomic E-state index is 0.147. The zero-order valence-corrected chi connectivity index (χ0v) is 22.1. The van der Waals surface area contributed by atoms with E-state index in [0.29, 0.717) is 6.54 Å². The van der Waals surface area contributed by atoms with Gasteiger partial charge in [-0.3, -0.25) is 4.90 Å². The van der Waals surface area contributed by atoms with Gasteiger partial charge in [0.15, 0.2) is 0 Å². The molecule has 2 aromatic rings. The molecule has 3 rings (SSSR count). The van der Waals surface area contributed by atoms with Crippen molar-refractivity contribution in [2.24, 2.45) is 0 Å². The Morgan fingerprint density at radius 2 is 1.64 bits per heavy atom. The minimum atomic E-state index is -0.681. The lowest BCUT2D eigenvalue weighted by Gasteiger charge is -2.28. The SMILES string of the molecule is CC(C)(c1ccc(OC[C@@H](O)CN2CCOCC2)cc1)c1ccc(OC[C@H](O)CCl)c([123I])c1. The minimum Gasteiger partial charge on any atom is -0.491 e. The van der Waals surface area contributed by atoms with E-state index < -0.39 is 12.2 Å². The van der Waals surface area contributed by atoms with Crippen LogP contribution in [0.4, 0.5) is 0 Å². The normalized spacial score (nSPS) is 16.9. The van der Waals surface area contributed by atoms with Crippen LogP contribution in [-0.2, 0) is 10.2 Å². The van der Waals surface area contributed by atoms with Gasteiger partial charge in [-0.25, -0.2) is 0 Å². The van der Waals surface area contributed by atoms with Gasteiger partial charge in [0.05, 0.1) is 22.7 Å². The number of ether oxygens (including phenoxy) is 3. The largest absolute Gasteiger partial charge is 0.491 e. The summed E-state index contributed by atoms with van der Waals surface area (Å²) in [7, 11) is 0. The van der Waals surface area contributed by atoms with Crippen LogP contribution in [0.3, 0.4) is 0 Å². The van der Waals surface area contributed by atoms with Gasteiger partial charge in [-0.15, -0.1) is 11.6 Å². The first-order valence-corrected chi connectivity index (χ1v) is 12.8. The van der Waals surface area contributed by atoms with E-state index in [1.54, 1.807) is 0 Å². The van der Waals surface area contributed by atoms with Gasteiger partial charge in [-0.05, 0) is 58.0 Å². The summed E-state index contributed by atoms with van der Waals surface area (Å²) in [6.45, 7) is 8.52. The molecule has 2 aromatic carbocycles. The van der Waals surface area contributed by atoms with Gasteiger partial charge in [-0.1, -0.05) is 32.0 Å². The van der Waals surface area contributed by atoms with Crippen LogP contribution in [0.1, 0.15) is 25.0 Å². The molecule has 1 fully saturated rings. The summed E-state index contributed by atoms with van der Waals surface area (Å²) in [4.78, 5) is 2.20. The molecule has 182 valence electrons. The zero-order chi connectivity index (χ0) is 23.8. The highest BCUT2D eigenvalue weighted by molar-refractivity contribution is 14.1. The second kappa shape index (κ2) is 12.6. The van der Waals surface area contributed by atoms with Crippen LogP contribution in [0.25, 0.3) is 0 Å². The van der Waals surface area contributed by atoms with Gasteiger partial charge < -0.3 is 24.4 Å². The Kier molecular flexibility index (Phi) is 10.1. The number of hydrogen-bond donors (Lipinski definition) is 2. The molecule has 1 saturated heterocycles. The highest BCUT2D eigenvalue weighted by Gasteiger charge is 2.24. The van der Waals surface area contributed by atoms with Gasteiger partial charge >= 0.3 is 0 Å². The molecule has 0 aromatic heterocycles. The number of halogens is 2. The third kappa shape index (κ3) is 7.70. The predicted octanol–water partition coefficient (Wildman–Crippen LogP) is 3.67. The second-order valence-electron chi connectivity index (χ2n) is 8.79. The molecule has 6 nitrogen and oxygen atoms in total. The number of aliphatic hydroxyl groups is 2. The first-order chi connectivity index (χ1) is 15.8. The van der Waals surface area contributed by atoms with E-state index in [1.165, 1.54) is 0 Å². The molecule has 0 saturated carbocycles. The fourth-order valence-electron chi connectivity index (χ4n) is 3.70. The van der Waals surface area contributed by atoms with Crippen molar-refractivity contribution in [3.63, 3.8) is 0 Å². The summed E-state index contributed by atoms with van der Waals surface area (Å²) in [5.74, 6) is 1.62. The molecular weight excluding hydrogens is 553 g/mol. The third-order valence-electron chi connectivity index (χ3n) is 5.85. The van der Waals surface area contributed by atoms with Crippen molar-refractivity contribution < 1.29 is 24.4 Å². The Hall–Kier alpha value is -1.10. The van der Waals surface area contributed by atoms with E-state index >= 15 is 0 Å². The van der Waals surface area contributed by atoms with Crippen LogP contribution in [0.5, 0.6) is 11.5 Å². The van der Waals surface area contributed by atoms with E-state index in [-0.39, 0.29) is 24.5 Å². The first kappa shape index (κ1) is 26.5. The molecular formula is C25H33ClINO5. The second-order valence-corrected chi connectivity index (χ2v) is 10.3. The fourth-order valence-corrected chi connectivity index (χ4v) is 4.46. The lowest BCUT2D eigenvalue weighted by molar-refractivity contribution is 0.00465. The molecule has 0 amide bonds. The summed E-state index contributed by atoms with van der Waals surface area (Å²) < 4.78 is 17.8. The van der Waals surface area contributed by atoms with Crippen LogP contribution in [0.2, 0.25) is 0 Å². The summed E-state index contributed by atoms with van der Waals surface area (Å²) in [5, 5.41) is 19.9. The highest BCUT2D eigenvalue weighted by atomic mass is 123. The number of nitrogens with zero attached hydrogens (tertiary/aromatic N) is 1. The Morgan fingerprint density at radius 1 is 1.00 bits per heavy atom. The highest BCUT2D eigenvalue weighted by Crippen LogP contribution is 2.35. The zero-order valence-electron chi connectivity index (χ0n) is 19.2. The average molecular weight is 586 g/mol. The van der Waals surface area contributed by atoms with Crippen LogP contribution >= 0.6 is 34.2 Å². The molecule has 0 bridgehead atoms. The summed E-state index contributed by atoms with van der Waals surface area (Å²) in [5.41, 5.74) is 2.10. The van der Waals surface area contributed by atoms with Crippen LogP contribution in [0, 0.1) is 3.57 Å². The van der Waals surface area contributed by atoms with E-state index in [2.05, 4.69) is 65.6 Å². The van der Waals surface area contributed by atoms with E-state index in [4.69, 9.17) is 25.8 Å². The lowest BCUT2D eigenvalue weighted by Crippen LogP contribution is -2.42. The molecule has 0 aliphatic carbocycles. The Balaban J connectivity index is 1.57. The Bertz CT molecular complexity index is 874. The molecule has 0 radical (unpaired) electrons. The number of hydrogen-bond acceptors (Lipinski definition) is 6. The number of alkyl halides is 1. The van der Waals surface area contributed by atoms with Gasteiger partial charge in [0.25, 0.3) is 0 Å². The Morgan fingerprint density at radius 3 is 2.27 bits per heavy atom. The summed E-state index contributed by atoms with van der Waals surface area (Å²) in [6.07, 6.45) is -1.22. The monoisotopic (exact) mass is 585 g/mol. The first-order valence-electron chi connectivity index (χ1n) is 11.2. The number of morpholine rings is 1. The Labute approximate surface area is 214 Å². The predicted molar refractivity (Wildman–Crippen MR) is 139 cm³/mol. The van der Waals surface area contributed by atoms with Gasteiger partial charge in [0.2, 0.25) is 0 Å². The van der Waals surface area contributed by atoms with Crippen LogP contribution in [-0.4, -0.2) is 79.3 Å². The standard InChI is InChI=1S/C25H33ClINO5/c1-25(2,19-5-8-24(23(27)13-19)33-16-20(29)14-26)18-3-6-22(7-4-18)32-17-21(30)15-28-9-11-31-12-10-28/h3-8,13,20-21,29-30H,9-12,14-17H2,1-2H3/t20-,21+/m1/s1/i27-4. The van der Waals surface area contributed by atoms with Crippen molar-refractivity contribution in [3.8, 4) is 11.5 Å². The molecule has 2 atom stereocenters. The summed E-state index contributed by atoms with van der Waals surface area (Å²) >= 11 is 7.89. The molecule has 0 spiro atoms. The maximum Gasteiger partial charge on any atom is 0.132 e. The molecule has 1 heterocycles. The maximum absolute atomic E-state index is 10.3. The number of benzene rings is 2. The van der Waals surface area contributed by atoms with Crippen LogP contribution in [0.15, 0.2) is 42.5 Å². The van der Waals surface area contributed by atoms with Gasteiger partial charge in [-0.2, -0.15) is 0 Å². The van der Waals surface area contributed by atoms with Crippen molar-refractivity contribution in [3.05, 3.63) is 57.2 Å². The third-order valence-corrected chi connectivity index (χ3v) is 7.05. The van der Waals surface area contributed by atoms with Crippen molar-refractivity contribution in [2.75, 3.05) is 51.9 Å². The molecule has 0 unspecified atom stereocenters. The van der Waals surface area contributed by atoms with Gasteiger partial charge in [0, 0.05) is 25.0 Å². The van der Waals surface area contributed by atoms with Crippen LogP contribution < -0.4 is 9.47 Å². The molecule has 1 aliphatic heterocycles.